The number of benzene rings is 2. The topological polar surface area (TPSA) is 104 Å². The highest BCUT2D eigenvalue weighted by Gasteiger charge is 2.32. The van der Waals surface area contributed by atoms with Crippen molar-refractivity contribution in [2.24, 2.45) is 5.92 Å². The van der Waals surface area contributed by atoms with Crippen LogP contribution in [0.3, 0.4) is 0 Å². The Labute approximate surface area is 208 Å². The third-order valence-corrected chi connectivity index (χ3v) is 7.04. The number of nitrogens with zero attached hydrogens (tertiary/aromatic N) is 1. The highest BCUT2D eigenvalue weighted by Crippen LogP contribution is 2.28. The number of H-pyrrole nitrogens is 1. The zero-order valence-corrected chi connectivity index (χ0v) is 19.9. The minimum atomic E-state index is -0.354. The Morgan fingerprint density at radius 2 is 1.86 bits per heavy atom. The maximum absolute atomic E-state index is 13.1. The molecule has 0 spiro atoms. The molecule has 2 heterocycles. The fourth-order valence-electron chi connectivity index (χ4n) is 4.85. The van der Waals surface area contributed by atoms with E-state index in [4.69, 9.17) is 16.3 Å². The molecule has 3 N–H and O–H groups in total. The third-order valence-electron chi connectivity index (χ3n) is 6.73. The van der Waals surface area contributed by atoms with Gasteiger partial charge in [-0.25, -0.2) is 4.79 Å². The second-order valence-electron chi connectivity index (χ2n) is 9.02. The minimum Gasteiger partial charge on any atom is -0.449 e. The molecule has 9 heteroatoms. The van der Waals surface area contributed by atoms with E-state index in [1.807, 2.05) is 6.07 Å². The van der Waals surface area contributed by atoms with Crippen molar-refractivity contribution in [3.05, 3.63) is 59.2 Å². The van der Waals surface area contributed by atoms with E-state index in [9.17, 15) is 14.4 Å². The van der Waals surface area contributed by atoms with Crippen LogP contribution in [0.2, 0.25) is 5.02 Å². The number of anilines is 2. The van der Waals surface area contributed by atoms with Gasteiger partial charge in [-0.15, -0.1) is 0 Å². The summed E-state index contributed by atoms with van der Waals surface area (Å²) in [7, 11) is 0. The zero-order chi connectivity index (χ0) is 24.4. The first-order valence-electron chi connectivity index (χ1n) is 11.9. The molecule has 2 atom stereocenters. The molecule has 3 aromatic rings. The van der Waals surface area contributed by atoms with E-state index in [-0.39, 0.29) is 29.9 Å². The maximum atomic E-state index is 13.1. The van der Waals surface area contributed by atoms with Crippen LogP contribution >= 0.6 is 11.6 Å². The molecular formula is C26H27ClN4O4. The summed E-state index contributed by atoms with van der Waals surface area (Å²) in [5.74, 6) is -0.653. The van der Waals surface area contributed by atoms with Gasteiger partial charge in [0.05, 0.1) is 17.5 Å². The second kappa shape index (κ2) is 10.00. The van der Waals surface area contributed by atoms with E-state index in [0.717, 1.165) is 42.3 Å². The number of fused-ring (bicyclic) bond motifs is 1. The first-order valence-corrected chi connectivity index (χ1v) is 12.3. The van der Waals surface area contributed by atoms with Crippen LogP contribution < -0.4 is 15.5 Å². The smallest absolute Gasteiger partial charge is 0.414 e. The van der Waals surface area contributed by atoms with Crippen LogP contribution in [0.5, 0.6) is 0 Å². The van der Waals surface area contributed by atoms with Crippen molar-refractivity contribution < 1.29 is 19.1 Å². The van der Waals surface area contributed by atoms with Crippen molar-refractivity contribution in [2.75, 3.05) is 23.4 Å². The summed E-state index contributed by atoms with van der Waals surface area (Å²) in [6.45, 7) is 1.05. The largest absolute Gasteiger partial charge is 0.449 e. The fraction of sp³-hybridized carbons (Fsp3) is 0.346. The van der Waals surface area contributed by atoms with Crippen LogP contribution in [0.25, 0.3) is 10.9 Å². The van der Waals surface area contributed by atoms with Crippen molar-refractivity contribution in [3.63, 3.8) is 0 Å². The van der Waals surface area contributed by atoms with Gasteiger partial charge in [-0.05, 0) is 55.7 Å². The summed E-state index contributed by atoms with van der Waals surface area (Å²) in [5, 5.41) is 7.53. The number of carbonyl (C=O) groups excluding carboxylic acids is 3. The van der Waals surface area contributed by atoms with E-state index in [0.29, 0.717) is 35.8 Å². The summed E-state index contributed by atoms with van der Waals surface area (Å²) >= 11 is 6.14. The summed E-state index contributed by atoms with van der Waals surface area (Å²) in [4.78, 5) is 42.7. The lowest BCUT2D eigenvalue weighted by Gasteiger charge is -2.31. The minimum absolute atomic E-state index is 0.119. The molecule has 2 aromatic carbocycles. The molecular weight excluding hydrogens is 468 g/mol. The number of amides is 3. The molecule has 0 radical (unpaired) electrons. The zero-order valence-electron chi connectivity index (χ0n) is 19.2. The number of hydrogen-bond donors (Lipinski definition) is 3. The van der Waals surface area contributed by atoms with Gasteiger partial charge in [0.25, 0.3) is 5.91 Å². The lowest BCUT2D eigenvalue weighted by Crippen LogP contribution is -2.46. The number of carbonyl (C=O) groups is 3. The number of aromatic amines is 1. The fourth-order valence-corrected chi connectivity index (χ4v) is 5.07. The van der Waals surface area contributed by atoms with Gasteiger partial charge in [0, 0.05) is 46.6 Å². The second-order valence-corrected chi connectivity index (χ2v) is 9.43. The monoisotopic (exact) mass is 494 g/mol. The Balaban J connectivity index is 1.24. The molecule has 1 aliphatic carbocycles. The number of halogens is 1. The van der Waals surface area contributed by atoms with Gasteiger partial charge in [0.15, 0.2) is 0 Å². The Hall–Kier alpha value is -3.52. The standard InChI is InChI=1S/C26H27ClN4O4/c27-21-15-28-23-14-16(6-11-19(21)23)24(32)30-22-5-2-1-4-20(22)25(33)29-17-7-9-18(10-8-17)31-12-3-13-35-26(31)34/h6-11,14-15,20,22,28H,1-5,12-13H2,(H,29,33)(H,30,32)/t20-,22+/m0/s1. The lowest BCUT2D eigenvalue weighted by molar-refractivity contribution is -0.121. The predicted octanol–water partition coefficient (Wildman–Crippen LogP) is 5.10. The van der Waals surface area contributed by atoms with E-state index >= 15 is 0 Å². The molecule has 2 aliphatic rings. The first kappa shape index (κ1) is 23.2. The molecule has 2 fully saturated rings. The summed E-state index contributed by atoms with van der Waals surface area (Å²) in [5.41, 5.74) is 2.69. The van der Waals surface area contributed by atoms with Crippen LogP contribution in [0, 0.1) is 5.92 Å². The molecule has 1 saturated carbocycles. The van der Waals surface area contributed by atoms with E-state index < -0.39 is 0 Å². The molecule has 35 heavy (non-hydrogen) atoms. The number of hydrogen-bond acceptors (Lipinski definition) is 4. The molecule has 1 aromatic heterocycles. The average molecular weight is 495 g/mol. The van der Waals surface area contributed by atoms with E-state index in [1.165, 1.54) is 0 Å². The Kier molecular flexibility index (Phi) is 6.63. The van der Waals surface area contributed by atoms with Gasteiger partial charge in [0.1, 0.15) is 0 Å². The molecule has 3 amide bonds. The Morgan fingerprint density at radius 3 is 2.66 bits per heavy atom. The van der Waals surface area contributed by atoms with Crippen molar-refractivity contribution in [1.82, 2.24) is 10.3 Å². The van der Waals surface area contributed by atoms with E-state index in [1.54, 1.807) is 47.5 Å². The Morgan fingerprint density at radius 1 is 1.06 bits per heavy atom. The highest BCUT2D eigenvalue weighted by molar-refractivity contribution is 6.35. The summed E-state index contributed by atoms with van der Waals surface area (Å²) in [6.07, 6.45) is 5.47. The van der Waals surface area contributed by atoms with Gasteiger partial charge in [-0.1, -0.05) is 30.5 Å². The molecule has 1 aliphatic heterocycles. The lowest BCUT2D eigenvalue weighted by atomic mass is 9.83. The Bertz CT molecular complexity index is 1260. The molecule has 0 bridgehead atoms. The van der Waals surface area contributed by atoms with Crippen LogP contribution in [0.4, 0.5) is 16.2 Å². The first-order chi connectivity index (χ1) is 17.0. The van der Waals surface area contributed by atoms with Crippen molar-refractivity contribution >= 4 is 51.8 Å². The van der Waals surface area contributed by atoms with Crippen molar-refractivity contribution in [2.45, 2.75) is 38.1 Å². The van der Waals surface area contributed by atoms with Gasteiger partial charge in [-0.3, -0.25) is 14.5 Å². The summed E-state index contributed by atoms with van der Waals surface area (Å²) < 4.78 is 5.09. The molecule has 5 rings (SSSR count). The number of rotatable bonds is 5. The van der Waals surface area contributed by atoms with Crippen LogP contribution in [-0.4, -0.2) is 42.1 Å². The SMILES string of the molecule is O=C(N[C@@H]1CCCC[C@@H]1C(=O)Nc1ccc(N2CCCOC2=O)cc1)c1ccc2c(Cl)c[nH]c2c1. The quantitative estimate of drug-likeness (QED) is 0.459. The molecule has 0 unspecified atom stereocenters. The normalized spacial score (nSPS) is 20.4. The van der Waals surface area contributed by atoms with Crippen molar-refractivity contribution in [3.8, 4) is 0 Å². The highest BCUT2D eigenvalue weighted by atomic mass is 35.5. The average Bonchev–Trinajstić information content (AvgIpc) is 3.25. The molecule has 182 valence electrons. The molecule has 8 nitrogen and oxygen atoms in total. The summed E-state index contributed by atoms with van der Waals surface area (Å²) in [6, 6.07) is 12.2. The van der Waals surface area contributed by atoms with Gasteiger partial charge < -0.3 is 20.4 Å². The third kappa shape index (κ3) is 4.98. The predicted molar refractivity (Wildman–Crippen MR) is 135 cm³/mol. The number of nitrogens with one attached hydrogen (secondary N) is 3. The van der Waals surface area contributed by atoms with Crippen LogP contribution in [-0.2, 0) is 9.53 Å². The molecule has 1 saturated heterocycles. The van der Waals surface area contributed by atoms with Gasteiger partial charge in [-0.2, -0.15) is 0 Å². The number of aromatic nitrogens is 1. The number of ether oxygens (including phenoxy) is 1. The van der Waals surface area contributed by atoms with Gasteiger partial charge in [0.2, 0.25) is 5.91 Å². The van der Waals surface area contributed by atoms with Gasteiger partial charge >= 0.3 is 6.09 Å². The number of cyclic esters (lactones) is 1. The van der Waals surface area contributed by atoms with Crippen LogP contribution in [0.15, 0.2) is 48.7 Å². The maximum Gasteiger partial charge on any atom is 0.414 e. The van der Waals surface area contributed by atoms with Crippen molar-refractivity contribution in [1.29, 1.82) is 0 Å². The van der Waals surface area contributed by atoms with E-state index in [2.05, 4.69) is 15.6 Å². The van der Waals surface area contributed by atoms with Crippen LogP contribution in [0.1, 0.15) is 42.5 Å².